The second kappa shape index (κ2) is 8.89. The van der Waals surface area contributed by atoms with Crippen molar-refractivity contribution >= 4 is 33.8 Å². The highest BCUT2D eigenvalue weighted by Gasteiger charge is 2.51. The lowest BCUT2D eigenvalue weighted by molar-refractivity contribution is -0.143. The highest BCUT2D eigenvalue weighted by atomic mass is 32.3. The number of nitrogens with one attached hydrogen (secondary N) is 3. The van der Waals surface area contributed by atoms with E-state index >= 15 is 0 Å². The summed E-state index contributed by atoms with van der Waals surface area (Å²) in [4.78, 5) is 40.9. The van der Waals surface area contributed by atoms with Crippen LogP contribution in [-0.2, 0) is 26.4 Å². The van der Waals surface area contributed by atoms with E-state index in [1.165, 1.54) is 7.11 Å². The topological polar surface area (TPSA) is 116 Å². The van der Waals surface area contributed by atoms with Crippen LogP contribution in [0.3, 0.4) is 0 Å². The number of hydrogen-bond donors (Lipinski definition) is 3. The van der Waals surface area contributed by atoms with Crippen LogP contribution in [0.5, 0.6) is 0 Å². The summed E-state index contributed by atoms with van der Waals surface area (Å²) in [6, 6.07) is 7.63. The number of methoxy groups -OCH3 is 1. The van der Waals surface area contributed by atoms with Gasteiger partial charge in [-0.3, -0.25) is 9.89 Å². The highest BCUT2D eigenvalue weighted by molar-refractivity contribution is 8.33. The Labute approximate surface area is 207 Å². The Morgan fingerprint density at radius 1 is 1.14 bits per heavy atom. The predicted molar refractivity (Wildman–Crippen MR) is 137 cm³/mol. The third kappa shape index (κ3) is 4.17. The minimum Gasteiger partial charge on any atom is -0.467 e. The van der Waals surface area contributed by atoms with Gasteiger partial charge >= 0.3 is 12.0 Å². The average molecular weight is 502 g/mol. The Bertz CT molecular complexity index is 1130. The Kier molecular flexibility index (Phi) is 6.37. The van der Waals surface area contributed by atoms with Crippen molar-refractivity contribution in [3.63, 3.8) is 0 Å². The third-order valence-electron chi connectivity index (χ3n) is 7.53. The lowest BCUT2D eigenvalue weighted by atomic mass is 9.83. The Balaban J connectivity index is 1.55. The van der Waals surface area contributed by atoms with Gasteiger partial charge in [0.1, 0.15) is 0 Å². The molecule has 9 nitrogen and oxygen atoms in total. The lowest BCUT2D eigenvalue weighted by Crippen LogP contribution is -2.51. The fourth-order valence-corrected chi connectivity index (χ4v) is 7.15. The Morgan fingerprint density at radius 3 is 2.34 bits per heavy atom. The quantitative estimate of drug-likeness (QED) is 0.523. The van der Waals surface area contributed by atoms with Crippen LogP contribution in [-0.4, -0.2) is 63.6 Å². The minimum atomic E-state index is -1.11. The number of fused-ring (bicyclic) bond motifs is 1. The van der Waals surface area contributed by atoms with Gasteiger partial charge in [-0.25, -0.2) is 19.6 Å². The fraction of sp³-hybridized carbons (Fsp3) is 0.520. The van der Waals surface area contributed by atoms with Crippen LogP contribution in [0.25, 0.3) is 0 Å². The molecule has 2 aromatic rings. The zero-order valence-electron chi connectivity index (χ0n) is 21.2. The molecule has 1 aliphatic heterocycles. The summed E-state index contributed by atoms with van der Waals surface area (Å²) < 4.78 is 4.59. The number of hydrogen-bond acceptors (Lipinski definition) is 5. The first-order chi connectivity index (χ1) is 16.4. The van der Waals surface area contributed by atoms with Gasteiger partial charge < -0.3 is 20.3 Å². The molecule has 2 heterocycles. The second-order valence-electron chi connectivity index (χ2n) is 10.5. The molecule has 0 spiro atoms. The maximum absolute atomic E-state index is 13.4. The first-order valence-corrected chi connectivity index (χ1v) is 14.6. The number of aromatic amines is 1. The average Bonchev–Trinajstić information content (AvgIpc) is 3.28. The molecule has 0 bridgehead atoms. The summed E-state index contributed by atoms with van der Waals surface area (Å²) >= 11 is 0. The Hall–Kier alpha value is -3.01. The molecule has 1 aliphatic carbocycles. The van der Waals surface area contributed by atoms with E-state index in [1.807, 2.05) is 19.9 Å². The van der Waals surface area contributed by atoms with Gasteiger partial charge in [0.05, 0.1) is 29.6 Å². The number of carbonyl (C=O) groups excluding carboxylic acids is 3. The number of nitrogens with zero attached hydrogens (tertiary/aromatic N) is 2. The molecule has 4 rings (SSSR count). The van der Waals surface area contributed by atoms with E-state index in [1.54, 1.807) is 29.2 Å². The molecular weight excluding hydrogens is 466 g/mol. The number of H-pyrrole nitrogens is 1. The van der Waals surface area contributed by atoms with Crippen molar-refractivity contribution in [2.45, 2.75) is 56.0 Å². The van der Waals surface area contributed by atoms with Gasteiger partial charge in [-0.2, -0.15) is 5.10 Å². The first kappa shape index (κ1) is 25.1. The zero-order valence-corrected chi connectivity index (χ0v) is 22.0. The normalized spacial score (nSPS) is 19.2. The standard InChI is InChI=1S/C25H35N5O4S/c1-24(2)19-17(20(29-28-19)27-22(32)25(13-10-14-25)35(4,5)6)15-30(24)23(33)26-18(21(31)34-3)16-11-8-7-9-12-16/h7-9,11-12,18H,10,13-15H2,1-6H3,(H,26,33)(H2,27,28,29,32)/t18-/m0/s1. The summed E-state index contributed by atoms with van der Waals surface area (Å²) in [5.74, 6) is -0.0721. The van der Waals surface area contributed by atoms with Gasteiger partial charge in [-0.05, 0) is 57.4 Å². The molecule has 190 valence electrons. The molecule has 0 radical (unpaired) electrons. The number of ether oxygens (including phenoxy) is 1. The van der Waals surface area contributed by atoms with E-state index in [-0.39, 0.29) is 17.2 Å². The van der Waals surface area contributed by atoms with Crippen LogP contribution in [0.1, 0.15) is 56.0 Å². The molecule has 0 saturated heterocycles. The summed E-state index contributed by atoms with van der Waals surface area (Å²) in [7, 11) is 0.185. The molecule has 1 fully saturated rings. The van der Waals surface area contributed by atoms with Gasteiger partial charge in [0.15, 0.2) is 11.9 Å². The van der Waals surface area contributed by atoms with Gasteiger partial charge in [-0.15, -0.1) is 0 Å². The first-order valence-electron chi connectivity index (χ1n) is 11.7. The molecular formula is C25H35N5O4S. The van der Waals surface area contributed by atoms with Crippen LogP contribution in [0.4, 0.5) is 10.6 Å². The molecule has 3 amide bonds. The largest absolute Gasteiger partial charge is 0.467 e. The Morgan fingerprint density at radius 2 is 1.80 bits per heavy atom. The van der Waals surface area contributed by atoms with E-state index in [2.05, 4.69) is 39.6 Å². The SMILES string of the molecule is COC(=O)[C@@H](NC(=O)N1Cc2c(NC(=O)C3(S(C)(C)C)CCC3)n[nH]c2C1(C)C)c1ccccc1. The summed E-state index contributed by atoms with van der Waals surface area (Å²) in [6.07, 6.45) is 9.37. The number of aromatic nitrogens is 2. The van der Waals surface area contributed by atoms with Gasteiger partial charge in [0.2, 0.25) is 5.91 Å². The smallest absolute Gasteiger partial charge is 0.333 e. The molecule has 0 unspecified atom stereocenters. The van der Waals surface area contributed by atoms with E-state index in [9.17, 15) is 14.4 Å². The van der Waals surface area contributed by atoms with Crippen molar-refractivity contribution in [1.82, 2.24) is 20.4 Å². The van der Waals surface area contributed by atoms with Crippen molar-refractivity contribution in [2.24, 2.45) is 0 Å². The van der Waals surface area contributed by atoms with E-state index < -0.39 is 33.6 Å². The summed E-state index contributed by atoms with van der Waals surface area (Å²) in [5.41, 5.74) is 1.46. The lowest BCUT2D eigenvalue weighted by Gasteiger charge is -2.53. The van der Waals surface area contributed by atoms with Crippen LogP contribution in [0.15, 0.2) is 30.3 Å². The molecule has 3 N–H and O–H groups in total. The maximum Gasteiger partial charge on any atom is 0.333 e. The summed E-state index contributed by atoms with van der Waals surface area (Å²) in [5, 5.41) is 13.3. The number of urea groups is 1. The number of esters is 1. The number of rotatable bonds is 6. The van der Waals surface area contributed by atoms with Crippen molar-refractivity contribution in [2.75, 3.05) is 31.2 Å². The number of amides is 3. The zero-order chi connectivity index (χ0) is 25.6. The van der Waals surface area contributed by atoms with E-state index in [0.717, 1.165) is 30.5 Å². The molecule has 1 aromatic carbocycles. The van der Waals surface area contributed by atoms with Crippen molar-refractivity contribution < 1.29 is 19.1 Å². The van der Waals surface area contributed by atoms with Gasteiger partial charge in [-0.1, -0.05) is 30.3 Å². The van der Waals surface area contributed by atoms with Crippen LogP contribution in [0, 0.1) is 0 Å². The van der Waals surface area contributed by atoms with Crippen molar-refractivity contribution in [3.05, 3.63) is 47.2 Å². The van der Waals surface area contributed by atoms with Crippen LogP contribution in [0.2, 0.25) is 0 Å². The van der Waals surface area contributed by atoms with Gasteiger partial charge in [0, 0.05) is 5.56 Å². The third-order valence-corrected chi connectivity index (χ3v) is 10.5. The fourth-order valence-electron chi connectivity index (χ4n) is 5.02. The maximum atomic E-state index is 13.4. The molecule has 1 aromatic heterocycles. The summed E-state index contributed by atoms with van der Waals surface area (Å²) in [6.45, 7) is 4.06. The second-order valence-corrected chi connectivity index (χ2v) is 15.0. The molecule has 35 heavy (non-hydrogen) atoms. The highest BCUT2D eigenvalue weighted by Crippen LogP contribution is 2.60. The molecule has 1 saturated carbocycles. The van der Waals surface area contributed by atoms with E-state index in [4.69, 9.17) is 4.74 Å². The molecule has 2 aliphatic rings. The van der Waals surface area contributed by atoms with Crippen LogP contribution < -0.4 is 10.6 Å². The van der Waals surface area contributed by atoms with Gasteiger partial charge in [0.25, 0.3) is 0 Å². The molecule has 1 atom stereocenters. The van der Waals surface area contributed by atoms with Crippen molar-refractivity contribution in [1.29, 1.82) is 0 Å². The van der Waals surface area contributed by atoms with Crippen molar-refractivity contribution in [3.8, 4) is 0 Å². The minimum absolute atomic E-state index is 0.0103. The monoisotopic (exact) mass is 501 g/mol. The predicted octanol–water partition coefficient (Wildman–Crippen LogP) is 3.64. The number of carbonyl (C=O) groups is 3. The van der Waals surface area contributed by atoms with E-state index in [0.29, 0.717) is 11.4 Å². The molecule has 10 heteroatoms. The number of anilines is 1. The number of benzene rings is 1. The van der Waals surface area contributed by atoms with Crippen LogP contribution >= 0.6 is 10.0 Å².